The number of H-pyrrole nitrogens is 2. The summed E-state index contributed by atoms with van der Waals surface area (Å²) >= 11 is 14.1. The van der Waals surface area contributed by atoms with E-state index in [1.165, 1.54) is 55.1 Å². The number of nitrogens with zero attached hydrogens (tertiary/aromatic N) is 7. The molecule has 0 radical (unpaired) electrons. The zero-order chi connectivity index (χ0) is 44.1. The Morgan fingerprint density at radius 2 is 1.29 bits per heavy atom. The van der Waals surface area contributed by atoms with Crippen LogP contribution in [0.3, 0.4) is 0 Å². The quantitative estimate of drug-likeness (QED) is 0.0731. The van der Waals surface area contributed by atoms with Crippen molar-refractivity contribution in [2.24, 2.45) is 0 Å². The molecule has 2 aromatic carbocycles. The molecule has 62 heavy (non-hydrogen) atoms. The van der Waals surface area contributed by atoms with Crippen molar-refractivity contribution in [1.82, 2.24) is 39.9 Å². The first-order chi connectivity index (χ1) is 29.0. The van der Waals surface area contributed by atoms with Crippen LogP contribution < -0.4 is 39.5 Å². The Bertz CT molecular complexity index is 3240. The van der Waals surface area contributed by atoms with Gasteiger partial charge in [0.2, 0.25) is 5.78 Å². The van der Waals surface area contributed by atoms with Gasteiger partial charge in [0.1, 0.15) is 49.1 Å². The molecule has 0 atom stereocenters. The summed E-state index contributed by atoms with van der Waals surface area (Å²) in [5.41, 5.74) is 4.40. The van der Waals surface area contributed by atoms with Gasteiger partial charge in [-0.1, -0.05) is 40.2 Å². The number of nitrogens with one attached hydrogen (secondary N) is 4. The molecule has 6 heterocycles. The van der Waals surface area contributed by atoms with Gasteiger partial charge in [0.05, 0.1) is 20.9 Å². The molecule has 0 aliphatic heterocycles. The number of fused-ring (bicyclic) bond motifs is 2. The third-order valence-corrected chi connectivity index (χ3v) is 12.9. The molecule has 0 bridgehead atoms. The zero-order valence-electron chi connectivity index (χ0n) is 33.4. The number of rotatable bonds is 8. The first-order valence-corrected chi connectivity index (χ1v) is 22.4. The third-order valence-electron chi connectivity index (χ3n) is 8.57. The van der Waals surface area contributed by atoms with Gasteiger partial charge in [0.25, 0.3) is 10.0 Å². The minimum absolute atomic E-state index is 0. The number of sulfonamides is 2. The normalized spacial score (nSPS) is 11.0. The number of benzene rings is 2. The minimum Gasteiger partial charge on any atom is -0.570 e. The number of aromatic nitrogens is 8. The molecular weight excluding hydrogens is 999 g/mol. The number of carbonyl (C=O) groups excluding carboxylic acids is 1. The predicted molar refractivity (Wildman–Crippen MR) is 239 cm³/mol. The first-order valence-electron chi connectivity index (χ1n) is 17.6. The van der Waals surface area contributed by atoms with Crippen LogP contribution in [0, 0.1) is 37.5 Å². The second-order valence-electron chi connectivity index (χ2n) is 13.1. The van der Waals surface area contributed by atoms with Crippen molar-refractivity contribution >= 4 is 105 Å². The van der Waals surface area contributed by atoms with Gasteiger partial charge in [0.15, 0.2) is 5.69 Å². The van der Waals surface area contributed by atoms with Gasteiger partial charge in [-0.2, -0.15) is 0 Å². The van der Waals surface area contributed by atoms with Gasteiger partial charge in [-0.15, -0.1) is 0 Å². The number of aryl methyl sites for hydroxylation is 4. The number of aromatic amines is 2. The topological polar surface area (TPSA) is 244 Å². The Kier molecular flexibility index (Phi) is 15.8. The fourth-order valence-corrected chi connectivity index (χ4v) is 8.51. The van der Waals surface area contributed by atoms with Crippen molar-refractivity contribution in [3.8, 4) is 6.07 Å². The van der Waals surface area contributed by atoms with Crippen LogP contribution in [0.25, 0.3) is 26.8 Å². The van der Waals surface area contributed by atoms with E-state index in [4.69, 9.17) is 28.5 Å². The summed E-state index contributed by atoms with van der Waals surface area (Å²) in [5.74, 6) is -0.521. The van der Waals surface area contributed by atoms with E-state index in [9.17, 15) is 21.6 Å². The van der Waals surface area contributed by atoms with Crippen molar-refractivity contribution in [1.29, 1.82) is 0 Å². The standard InChI is InChI=1S/C20H16ClN5O3S.C14H11ClN3O2S.C6H4IN3.Na/c1-11-7-16(26-30(28,29)13-3-4-15(21)12(2)8-13)18(23-9-11)19(27)17-14-5-6-22-20(14)25-10-24-17;1-9-5-13(14(7-16)17-8-9)18-21(19,20)11-3-4-12(15)10(2)6-11;7-5-4-1-2-8-6(4)10-3-9-5;/h3-10,26H,1-2H3,(H,22,24,25);3-6,8H,1-2H3;1-3H,(H,8,9,10);/q;-1;;+1/p+1. The molecular formula is C40H32Cl2IN11NaO5S2+. The van der Waals surface area contributed by atoms with E-state index in [0.717, 1.165) is 20.3 Å². The molecule has 0 aliphatic rings. The van der Waals surface area contributed by atoms with Crippen molar-refractivity contribution in [2.75, 3.05) is 4.72 Å². The molecule has 0 aliphatic carbocycles. The Labute approximate surface area is 401 Å². The van der Waals surface area contributed by atoms with Crippen LogP contribution in [-0.4, -0.2) is 62.5 Å². The zero-order valence-corrected chi connectivity index (χ0v) is 40.7. The molecule has 0 spiro atoms. The number of hydrogen-bond donors (Lipinski definition) is 4. The van der Waals surface area contributed by atoms with Gasteiger partial charge in [-0.25, -0.2) is 41.8 Å². The SMILES string of the molecule is Cc1cnc(C#[NH+])c([N-]S(=O)(=O)c2ccc(Cl)c(C)c2)c1.Cc1cnc(C(=O)c2ncnc3[nH]ccc23)c(NS(=O)(=O)c2ccc(Cl)c(C)c2)c1.Ic1ncnc2[nH]ccc12.[Na+]. The van der Waals surface area contributed by atoms with Crippen LogP contribution in [0.4, 0.5) is 11.4 Å². The van der Waals surface area contributed by atoms with Crippen LogP contribution in [0.1, 0.15) is 44.1 Å². The Hall–Kier alpha value is -5.05. The summed E-state index contributed by atoms with van der Waals surface area (Å²) in [4.78, 5) is 43.5. The average Bonchev–Trinajstić information content (AvgIpc) is 3.91. The molecule has 16 nitrogen and oxygen atoms in total. The van der Waals surface area contributed by atoms with Crippen molar-refractivity contribution in [2.45, 2.75) is 37.5 Å². The number of anilines is 1. The van der Waals surface area contributed by atoms with Crippen LogP contribution in [0.2, 0.25) is 10.0 Å². The van der Waals surface area contributed by atoms with E-state index in [0.29, 0.717) is 37.8 Å². The maximum atomic E-state index is 13.2. The molecule has 0 amide bonds. The molecule has 8 rings (SSSR count). The van der Waals surface area contributed by atoms with Crippen LogP contribution in [-0.2, 0) is 20.0 Å². The van der Waals surface area contributed by atoms with E-state index in [1.807, 2.05) is 12.3 Å². The Morgan fingerprint density at radius 1 is 0.726 bits per heavy atom. The number of pyridine rings is 2. The average molecular weight is 1030 g/mol. The molecule has 0 saturated carbocycles. The number of halogens is 3. The van der Waals surface area contributed by atoms with Crippen molar-refractivity contribution < 1.29 is 56.4 Å². The van der Waals surface area contributed by atoms with Crippen LogP contribution in [0.5, 0.6) is 0 Å². The summed E-state index contributed by atoms with van der Waals surface area (Å²) in [6, 6.07) is 17.6. The van der Waals surface area contributed by atoms with Gasteiger partial charge >= 0.3 is 35.6 Å². The molecule has 6 aromatic heterocycles. The summed E-state index contributed by atoms with van der Waals surface area (Å²) in [5, 5.41) is 9.70. The number of ketones is 1. The van der Waals surface area contributed by atoms with E-state index in [1.54, 1.807) is 58.4 Å². The van der Waals surface area contributed by atoms with Gasteiger partial charge in [0, 0.05) is 40.2 Å². The molecule has 0 unspecified atom stereocenters. The minimum atomic E-state index is -3.98. The fraction of sp³-hybridized carbons (Fsp3) is 0.100. The summed E-state index contributed by atoms with van der Waals surface area (Å²) in [7, 11) is -7.88. The summed E-state index contributed by atoms with van der Waals surface area (Å²) in [6.45, 7) is 6.94. The molecule has 4 N–H and O–H groups in total. The van der Waals surface area contributed by atoms with Crippen molar-refractivity contribution in [3.63, 3.8) is 0 Å². The number of hydrogen-bond acceptors (Lipinski definition) is 11. The monoisotopic (exact) mass is 1030 g/mol. The van der Waals surface area contributed by atoms with E-state index in [-0.39, 0.29) is 67.8 Å². The second-order valence-corrected chi connectivity index (χ2v) is 18.2. The molecule has 0 fully saturated rings. The van der Waals surface area contributed by atoms with E-state index < -0.39 is 25.8 Å². The maximum Gasteiger partial charge on any atom is 1.00 e. The number of carbonyl (C=O) groups is 1. The smallest absolute Gasteiger partial charge is 0.570 e. The van der Waals surface area contributed by atoms with Crippen LogP contribution in [0.15, 0.2) is 108 Å². The molecule has 22 heteroatoms. The van der Waals surface area contributed by atoms with E-state index in [2.05, 4.69) is 78.0 Å². The molecule has 310 valence electrons. The summed E-state index contributed by atoms with van der Waals surface area (Å²) < 4.78 is 57.7. The maximum absolute atomic E-state index is 13.2. The first kappa shape index (κ1) is 48.0. The third kappa shape index (κ3) is 11.3. The second kappa shape index (κ2) is 20.4. The predicted octanol–water partition coefficient (Wildman–Crippen LogP) is 4.09. The van der Waals surface area contributed by atoms with Gasteiger partial charge < -0.3 is 14.7 Å². The largest absolute Gasteiger partial charge is 1.00 e. The van der Waals surface area contributed by atoms with Gasteiger partial charge in [-0.05, 0) is 127 Å². The molecule has 0 saturated heterocycles. The van der Waals surface area contributed by atoms with Crippen molar-refractivity contribution in [3.05, 3.63) is 156 Å². The fourth-order valence-electron chi connectivity index (χ4n) is 5.50. The van der Waals surface area contributed by atoms with Gasteiger partial charge in [-0.3, -0.25) is 14.5 Å². The van der Waals surface area contributed by atoms with Crippen LogP contribution >= 0.6 is 45.8 Å². The van der Waals surface area contributed by atoms with E-state index >= 15 is 0 Å². The Morgan fingerprint density at radius 3 is 1.92 bits per heavy atom. The molecule has 8 aromatic rings. The summed E-state index contributed by atoms with van der Waals surface area (Å²) in [6.07, 6.45) is 9.34. The Balaban J connectivity index is 0.000000196.